The van der Waals surface area contributed by atoms with E-state index in [0.717, 1.165) is 16.1 Å². The van der Waals surface area contributed by atoms with Crippen molar-refractivity contribution in [1.82, 2.24) is 4.98 Å². The molecule has 0 saturated carbocycles. The van der Waals surface area contributed by atoms with Crippen LogP contribution in [0.25, 0.3) is 16.6 Å². The number of benzene rings is 1. The molecule has 1 aliphatic heterocycles. The van der Waals surface area contributed by atoms with E-state index in [1.54, 1.807) is 6.92 Å². The molecule has 0 spiro atoms. The number of thioether (sulfide) groups is 1. The van der Waals surface area contributed by atoms with E-state index >= 15 is 0 Å². The van der Waals surface area contributed by atoms with Crippen LogP contribution in [0.3, 0.4) is 0 Å². The second-order valence-corrected chi connectivity index (χ2v) is 8.87. The van der Waals surface area contributed by atoms with E-state index in [2.05, 4.69) is 4.98 Å². The van der Waals surface area contributed by atoms with Crippen LogP contribution in [0, 0.1) is 6.92 Å². The van der Waals surface area contributed by atoms with Gasteiger partial charge in [0.2, 0.25) is 0 Å². The van der Waals surface area contributed by atoms with Gasteiger partial charge in [0, 0.05) is 38.5 Å². The van der Waals surface area contributed by atoms with Crippen molar-refractivity contribution in [2.45, 2.75) is 12.1 Å². The molecule has 3 aromatic rings. The van der Waals surface area contributed by atoms with Gasteiger partial charge < -0.3 is 9.64 Å². The van der Waals surface area contributed by atoms with Crippen LogP contribution >= 0.6 is 23.1 Å². The van der Waals surface area contributed by atoms with Gasteiger partial charge in [-0.15, -0.1) is 15.9 Å². The van der Waals surface area contributed by atoms with Crippen LogP contribution in [0.4, 0.5) is 5.69 Å². The van der Waals surface area contributed by atoms with Gasteiger partial charge >= 0.3 is 17.0 Å². The molecule has 0 atom stereocenters. The van der Waals surface area contributed by atoms with Crippen LogP contribution in [0.2, 0.25) is 0 Å². The Morgan fingerprint density at radius 3 is 2.53 bits per heavy atom. The van der Waals surface area contributed by atoms with Crippen molar-refractivity contribution in [3.63, 3.8) is 0 Å². The molecule has 4 rings (SSSR count). The van der Waals surface area contributed by atoms with E-state index < -0.39 is 5.97 Å². The molecule has 152 valence electrons. The van der Waals surface area contributed by atoms with E-state index in [4.69, 9.17) is 4.74 Å². The number of rotatable bonds is 4. The summed E-state index contributed by atoms with van der Waals surface area (Å²) in [4.78, 5) is 33.8. The van der Waals surface area contributed by atoms with Crippen molar-refractivity contribution in [2.24, 2.45) is 0 Å². The van der Waals surface area contributed by atoms with Crippen molar-refractivity contribution >= 4 is 46.7 Å². The highest BCUT2D eigenvalue weighted by atomic mass is 32.2. The number of hydrogen-bond donors (Lipinski definition) is 0. The van der Waals surface area contributed by atoms with Crippen molar-refractivity contribution in [3.8, 4) is 10.6 Å². The summed E-state index contributed by atoms with van der Waals surface area (Å²) in [5, 5.41) is 2.46. The second kappa shape index (κ2) is 8.04. The molecule has 3 heterocycles. The Morgan fingerprint density at radius 2 is 1.93 bits per heavy atom. The molecule has 30 heavy (non-hydrogen) atoms. The first-order chi connectivity index (χ1) is 14.4. The molecular formula is C22H20N3O3S2+. The topological polar surface area (TPSA) is 63.4 Å². The number of anilines is 1. The Labute approximate surface area is 182 Å². The smallest absolute Gasteiger partial charge is 0.372 e. The summed E-state index contributed by atoms with van der Waals surface area (Å²) >= 11 is 2.77. The van der Waals surface area contributed by atoms with Gasteiger partial charge in [-0.2, -0.15) is 0 Å². The molecule has 1 aromatic carbocycles. The van der Waals surface area contributed by atoms with Crippen LogP contribution in [0.15, 0.2) is 51.8 Å². The zero-order chi connectivity index (χ0) is 21.4. The van der Waals surface area contributed by atoms with Gasteiger partial charge in [-0.1, -0.05) is 18.2 Å². The van der Waals surface area contributed by atoms with E-state index in [-0.39, 0.29) is 5.91 Å². The zero-order valence-electron chi connectivity index (χ0n) is 17.0. The Kier molecular flexibility index (Phi) is 5.44. The molecule has 0 saturated heterocycles. The molecule has 0 aliphatic carbocycles. The summed E-state index contributed by atoms with van der Waals surface area (Å²) in [7, 11) is 5.30. The minimum atomic E-state index is -0.506. The van der Waals surface area contributed by atoms with Crippen molar-refractivity contribution < 1.29 is 18.9 Å². The molecule has 0 unspecified atom stereocenters. The van der Waals surface area contributed by atoms with Crippen LogP contribution in [-0.4, -0.2) is 38.1 Å². The Hall–Kier alpha value is -2.97. The normalized spacial score (nSPS) is 14.1. The third-order valence-electron chi connectivity index (χ3n) is 4.74. The highest BCUT2D eigenvalue weighted by Gasteiger charge is 2.42. The number of methoxy groups -OCH3 is 1. The second-order valence-electron chi connectivity index (χ2n) is 6.91. The molecule has 0 bridgehead atoms. The fourth-order valence-corrected chi connectivity index (χ4v) is 5.03. The maximum absolute atomic E-state index is 13.3. The van der Waals surface area contributed by atoms with Gasteiger partial charge in [0.05, 0.1) is 12.0 Å². The summed E-state index contributed by atoms with van der Waals surface area (Å²) in [5.74, 6) is -0.707. The number of carbonyl (C=O) groups excluding carboxylic acids is 2. The summed E-state index contributed by atoms with van der Waals surface area (Å²) < 4.78 is 6.50. The lowest BCUT2D eigenvalue weighted by Gasteiger charge is -2.11. The maximum Gasteiger partial charge on any atom is 0.372 e. The van der Waals surface area contributed by atoms with Crippen molar-refractivity contribution in [2.75, 3.05) is 26.1 Å². The zero-order valence-corrected chi connectivity index (χ0v) is 18.6. The first kappa shape index (κ1) is 20.3. The van der Waals surface area contributed by atoms with Crippen LogP contribution in [0.1, 0.15) is 26.4 Å². The number of ether oxygens (including phenoxy) is 1. The molecule has 1 aliphatic rings. The molecule has 0 N–H and O–H groups in total. The molecule has 8 heteroatoms. The molecule has 2 aromatic heterocycles. The summed E-state index contributed by atoms with van der Waals surface area (Å²) in [6.45, 7) is 1.76. The molecule has 0 radical (unpaired) electrons. The molecular weight excluding hydrogens is 418 g/mol. The van der Waals surface area contributed by atoms with Gasteiger partial charge in [-0.05, 0) is 40.2 Å². The van der Waals surface area contributed by atoms with Crippen molar-refractivity contribution in [3.05, 3.63) is 63.5 Å². The lowest BCUT2D eigenvalue weighted by atomic mass is 10.1. The average Bonchev–Trinajstić information content (AvgIpc) is 3.36. The predicted octanol–water partition coefficient (Wildman–Crippen LogP) is 4.05. The fourth-order valence-electron chi connectivity index (χ4n) is 3.24. The highest BCUT2D eigenvalue weighted by Crippen LogP contribution is 2.36. The molecule has 6 nitrogen and oxygen atoms in total. The fraction of sp³-hybridized carbons (Fsp3) is 0.182. The molecule has 0 fully saturated rings. The number of esters is 1. The summed E-state index contributed by atoms with van der Waals surface area (Å²) in [6.07, 6.45) is 1.85. The van der Waals surface area contributed by atoms with E-state index in [0.29, 0.717) is 27.0 Å². The number of allylic oxidation sites excluding steroid dienone is 1. The highest BCUT2D eigenvalue weighted by molar-refractivity contribution is 8.04. The summed E-state index contributed by atoms with van der Waals surface area (Å²) in [5.41, 5.74) is 3.39. The van der Waals surface area contributed by atoms with Crippen LogP contribution in [-0.2, 0) is 4.74 Å². The number of fused-ring (bicyclic) bond motifs is 1. The van der Waals surface area contributed by atoms with Gasteiger partial charge in [-0.3, -0.25) is 0 Å². The van der Waals surface area contributed by atoms with E-state index in [1.807, 2.05) is 66.8 Å². The number of hydrogen-bond acceptors (Lipinski definition) is 7. The van der Waals surface area contributed by atoms with Crippen LogP contribution < -0.4 is 9.47 Å². The Bertz CT molecular complexity index is 1170. The van der Waals surface area contributed by atoms with Crippen molar-refractivity contribution in [1.29, 1.82) is 0 Å². The lowest BCUT2D eigenvalue weighted by Crippen LogP contribution is -2.45. The number of aromatic nitrogens is 2. The Morgan fingerprint density at radius 1 is 1.20 bits per heavy atom. The minimum Gasteiger partial charge on any atom is -0.465 e. The average molecular weight is 439 g/mol. The van der Waals surface area contributed by atoms with E-state index in [9.17, 15) is 9.59 Å². The first-order valence-corrected chi connectivity index (χ1v) is 10.9. The number of aryl methyl sites for hydroxylation is 1. The summed E-state index contributed by atoms with van der Waals surface area (Å²) in [6, 6.07) is 11.7. The SMILES string of the molecule is COC(=O)c1c(C)nc2[n+](c1-c1cccs1)C(=O)C(=Cc1ccc(N(C)C)cc1)S2. The minimum absolute atomic E-state index is 0.201. The first-order valence-electron chi connectivity index (χ1n) is 9.21. The van der Waals surface area contributed by atoms with Gasteiger partial charge in [-0.25, -0.2) is 9.59 Å². The number of thiophene rings is 1. The largest absolute Gasteiger partial charge is 0.465 e. The standard InChI is InChI=1S/C22H20N3O3S2/c1-13-18(21(27)28-4)19(16-6-5-11-29-16)25-20(26)17(30-22(25)23-13)12-14-7-9-15(10-8-14)24(2)3/h5-12H,1-4H3/q+1. The third-order valence-corrected chi connectivity index (χ3v) is 6.59. The lowest BCUT2D eigenvalue weighted by molar-refractivity contribution is -0.601. The number of nitrogens with zero attached hydrogens (tertiary/aromatic N) is 3. The van der Waals surface area contributed by atoms with E-state index in [1.165, 1.54) is 34.8 Å². The van der Waals surface area contributed by atoms with Gasteiger partial charge in [0.15, 0.2) is 17.0 Å². The Balaban J connectivity index is 1.83. The number of carbonyl (C=O) groups is 2. The predicted molar refractivity (Wildman–Crippen MR) is 119 cm³/mol. The van der Waals surface area contributed by atoms with Crippen LogP contribution in [0.5, 0.6) is 0 Å². The monoisotopic (exact) mass is 438 g/mol. The molecule has 0 amide bonds. The third kappa shape index (κ3) is 3.53. The van der Waals surface area contributed by atoms with Gasteiger partial charge in [0.1, 0.15) is 4.91 Å². The maximum atomic E-state index is 13.3. The van der Waals surface area contributed by atoms with Gasteiger partial charge in [0.25, 0.3) is 0 Å². The quantitative estimate of drug-likeness (QED) is 0.265.